The largest absolute Gasteiger partial charge is 0.352 e. The van der Waals surface area contributed by atoms with E-state index in [0.29, 0.717) is 5.92 Å². The molecule has 1 saturated heterocycles. The van der Waals surface area contributed by atoms with Crippen LogP contribution < -0.4 is 10.6 Å². The maximum Gasteiger partial charge on any atom is 0.237 e. The molecule has 0 radical (unpaired) electrons. The molecular formula is C13H22N2O. The molecule has 90 valence electrons. The van der Waals surface area contributed by atoms with Gasteiger partial charge in [0.25, 0.3) is 0 Å². The van der Waals surface area contributed by atoms with Crippen molar-refractivity contribution in [2.24, 2.45) is 11.8 Å². The van der Waals surface area contributed by atoms with Gasteiger partial charge in [0.1, 0.15) is 0 Å². The summed E-state index contributed by atoms with van der Waals surface area (Å²) in [4.78, 5) is 12.1. The van der Waals surface area contributed by atoms with Gasteiger partial charge in [0.05, 0.1) is 6.04 Å². The van der Waals surface area contributed by atoms with Crippen LogP contribution in [0.4, 0.5) is 0 Å². The zero-order valence-corrected chi connectivity index (χ0v) is 10.0. The maximum atomic E-state index is 12.1. The first kappa shape index (κ1) is 11.6. The summed E-state index contributed by atoms with van der Waals surface area (Å²) in [5.74, 6) is 1.50. The van der Waals surface area contributed by atoms with Crippen molar-refractivity contribution >= 4 is 5.91 Å². The fourth-order valence-corrected chi connectivity index (χ4v) is 3.12. The van der Waals surface area contributed by atoms with Crippen LogP contribution in [0.1, 0.15) is 32.6 Å². The van der Waals surface area contributed by atoms with Gasteiger partial charge < -0.3 is 10.6 Å². The van der Waals surface area contributed by atoms with Gasteiger partial charge in [-0.25, -0.2) is 0 Å². The van der Waals surface area contributed by atoms with Crippen molar-refractivity contribution in [3.8, 4) is 0 Å². The fourth-order valence-electron chi connectivity index (χ4n) is 3.12. The van der Waals surface area contributed by atoms with E-state index in [1.165, 1.54) is 19.3 Å². The van der Waals surface area contributed by atoms with Crippen LogP contribution in [0, 0.1) is 11.8 Å². The summed E-state index contributed by atoms with van der Waals surface area (Å²) in [6, 6.07) is 0.256. The van der Waals surface area contributed by atoms with Gasteiger partial charge in [0.15, 0.2) is 0 Å². The summed E-state index contributed by atoms with van der Waals surface area (Å²) in [5.41, 5.74) is 0. The summed E-state index contributed by atoms with van der Waals surface area (Å²) in [5, 5.41) is 6.43. The van der Waals surface area contributed by atoms with Crippen LogP contribution in [0.15, 0.2) is 12.7 Å². The summed E-state index contributed by atoms with van der Waals surface area (Å²) in [7, 11) is 0. The van der Waals surface area contributed by atoms with Crippen molar-refractivity contribution in [2.75, 3.05) is 6.54 Å². The van der Waals surface area contributed by atoms with Crippen LogP contribution in [0.2, 0.25) is 0 Å². The van der Waals surface area contributed by atoms with Crippen LogP contribution in [0.3, 0.4) is 0 Å². The van der Waals surface area contributed by atoms with Crippen molar-refractivity contribution in [3.05, 3.63) is 12.7 Å². The van der Waals surface area contributed by atoms with Gasteiger partial charge in [-0.1, -0.05) is 12.5 Å². The fraction of sp³-hybridized carbons (Fsp3) is 0.769. The van der Waals surface area contributed by atoms with Gasteiger partial charge in [-0.2, -0.15) is 0 Å². The minimum absolute atomic E-state index is 0.0553. The number of hydrogen-bond acceptors (Lipinski definition) is 2. The standard InChI is InChI=1S/C13H22N2O/c1-3-5-9(2)15-13(16)12-11-7-4-6-10(11)8-14-12/h3,9-12,14H,1,4-8H2,2H3,(H,15,16). The molecule has 1 aliphatic carbocycles. The highest BCUT2D eigenvalue weighted by Crippen LogP contribution is 2.37. The molecule has 2 aliphatic rings. The highest BCUT2D eigenvalue weighted by atomic mass is 16.2. The second-order valence-electron chi connectivity index (χ2n) is 5.17. The number of amides is 1. The summed E-state index contributed by atoms with van der Waals surface area (Å²) >= 11 is 0. The lowest BCUT2D eigenvalue weighted by Crippen LogP contribution is -2.46. The molecular weight excluding hydrogens is 200 g/mol. The van der Waals surface area contributed by atoms with Gasteiger partial charge in [-0.15, -0.1) is 6.58 Å². The van der Waals surface area contributed by atoms with E-state index in [9.17, 15) is 4.79 Å². The first-order valence-electron chi connectivity index (χ1n) is 6.37. The Morgan fingerprint density at radius 1 is 1.62 bits per heavy atom. The van der Waals surface area contributed by atoms with Crippen molar-refractivity contribution in [2.45, 2.75) is 44.7 Å². The second-order valence-corrected chi connectivity index (χ2v) is 5.17. The highest BCUT2D eigenvalue weighted by Gasteiger charge is 2.42. The third kappa shape index (κ3) is 2.29. The van der Waals surface area contributed by atoms with Gasteiger partial charge in [-0.05, 0) is 44.6 Å². The van der Waals surface area contributed by atoms with Crippen molar-refractivity contribution in [1.29, 1.82) is 0 Å². The van der Waals surface area contributed by atoms with E-state index in [1.807, 2.05) is 13.0 Å². The molecule has 1 aliphatic heterocycles. The summed E-state index contributed by atoms with van der Waals surface area (Å²) in [6.07, 6.45) is 6.50. The molecule has 1 heterocycles. The topological polar surface area (TPSA) is 41.1 Å². The summed E-state index contributed by atoms with van der Waals surface area (Å²) < 4.78 is 0. The number of carbonyl (C=O) groups is 1. The van der Waals surface area contributed by atoms with E-state index < -0.39 is 0 Å². The second kappa shape index (κ2) is 5.00. The Balaban J connectivity index is 1.87. The quantitative estimate of drug-likeness (QED) is 0.707. The molecule has 0 aromatic rings. The minimum atomic E-state index is 0.0553. The van der Waals surface area contributed by atoms with Crippen molar-refractivity contribution in [3.63, 3.8) is 0 Å². The molecule has 1 saturated carbocycles. The van der Waals surface area contributed by atoms with Gasteiger partial charge in [-0.3, -0.25) is 4.79 Å². The molecule has 2 N–H and O–H groups in total. The Hall–Kier alpha value is -0.830. The number of fused-ring (bicyclic) bond motifs is 1. The molecule has 2 fully saturated rings. The predicted molar refractivity (Wildman–Crippen MR) is 65.0 cm³/mol. The first-order valence-corrected chi connectivity index (χ1v) is 6.37. The van der Waals surface area contributed by atoms with Crippen LogP contribution in [-0.4, -0.2) is 24.5 Å². The van der Waals surface area contributed by atoms with Crippen molar-refractivity contribution in [1.82, 2.24) is 10.6 Å². The van der Waals surface area contributed by atoms with Crippen LogP contribution in [-0.2, 0) is 4.79 Å². The SMILES string of the molecule is C=CCC(C)NC(=O)C1NCC2CCCC21. The minimum Gasteiger partial charge on any atom is -0.352 e. The molecule has 16 heavy (non-hydrogen) atoms. The molecule has 2 rings (SSSR count). The lowest BCUT2D eigenvalue weighted by atomic mass is 9.93. The Morgan fingerprint density at radius 2 is 2.44 bits per heavy atom. The van der Waals surface area contributed by atoms with E-state index >= 15 is 0 Å². The number of nitrogens with one attached hydrogen (secondary N) is 2. The molecule has 3 heteroatoms. The van der Waals surface area contributed by atoms with E-state index in [1.54, 1.807) is 0 Å². The van der Waals surface area contributed by atoms with Gasteiger partial charge >= 0.3 is 0 Å². The Morgan fingerprint density at radius 3 is 3.19 bits per heavy atom. The van der Waals surface area contributed by atoms with Gasteiger partial charge in [0.2, 0.25) is 5.91 Å². The average Bonchev–Trinajstić information content (AvgIpc) is 2.77. The zero-order chi connectivity index (χ0) is 11.5. The third-order valence-corrected chi connectivity index (χ3v) is 3.94. The molecule has 3 nitrogen and oxygen atoms in total. The first-order chi connectivity index (χ1) is 7.72. The van der Waals surface area contributed by atoms with Crippen LogP contribution in [0.25, 0.3) is 0 Å². The molecule has 0 aromatic carbocycles. The highest BCUT2D eigenvalue weighted by molar-refractivity contribution is 5.82. The van der Waals surface area contributed by atoms with Crippen LogP contribution in [0.5, 0.6) is 0 Å². The lowest BCUT2D eigenvalue weighted by molar-refractivity contribution is -0.124. The number of hydrogen-bond donors (Lipinski definition) is 2. The van der Waals surface area contributed by atoms with Crippen LogP contribution >= 0.6 is 0 Å². The Bertz CT molecular complexity index is 277. The summed E-state index contributed by atoms with van der Waals surface area (Å²) in [6.45, 7) is 6.75. The average molecular weight is 222 g/mol. The molecule has 0 spiro atoms. The molecule has 1 amide bonds. The van der Waals surface area contributed by atoms with Gasteiger partial charge in [0, 0.05) is 6.04 Å². The van der Waals surface area contributed by atoms with E-state index in [2.05, 4.69) is 17.2 Å². The van der Waals surface area contributed by atoms with E-state index in [-0.39, 0.29) is 18.0 Å². The van der Waals surface area contributed by atoms with Crippen molar-refractivity contribution < 1.29 is 4.79 Å². The molecule has 0 aromatic heterocycles. The smallest absolute Gasteiger partial charge is 0.237 e. The Kier molecular flexibility index (Phi) is 3.64. The molecule has 0 bridgehead atoms. The van der Waals surface area contributed by atoms with E-state index in [4.69, 9.17) is 0 Å². The normalized spacial score (nSPS) is 34.4. The monoisotopic (exact) mass is 222 g/mol. The predicted octanol–water partition coefficient (Wildman–Crippen LogP) is 1.46. The number of carbonyl (C=O) groups excluding carboxylic acids is 1. The molecule has 4 atom stereocenters. The maximum absolute atomic E-state index is 12.1. The van der Waals surface area contributed by atoms with E-state index in [0.717, 1.165) is 18.9 Å². The lowest BCUT2D eigenvalue weighted by Gasteiger charge is -2.20. The Labute approximate surface area is 97.7 Å². The number of rotatable bonds is 4. The zero-order valence-electron chi connectivity index (χ0n) is 10.0. The molecule has 4 unspecified atom stereocenters. The third-order valence-electron chi connectivity index (χ3n) is 3.94.